The molecule has 2 amide bonds. The van der Waals surface area contributed by atoms with Crippen LogP contribution in [-0.4, -0.2) is 37.8 Å². The first-order chi connectivity index (χ1) is 13.7. The van der Waals surface area contributed by atoms with E-state index in [1.807, 2.05) is 43.5 Å². The highest BCUT2D eigenvalue weighted by Crippen LogP contribution is 2.31. The fourth-order valence-corrected chi connectivity index (χ4v) is 3.62. The number of rotatable bonds is 2. The van der Waals surface area contributed by atoms with Crippen LogP contribution in [0.1, 0.15) is 16.8 Å². The number of anilines is 1. The molecule has 3 aromatic heterocycles. The second kappa shape index (κ2) is 6.49. The van der Waals surface area contributed by atoms with Crippen molar-refractivity contribution in [1.82, 2.24) is 25.2 Å². The molecule has 0 saturated heterocycles. The third-order valence-electron chi connectivity index (χ3n) is 5.09. The summed E-state index contributed by atoms with van der Waals surface area (Å²) in [6.45, 7) is 2.94. The minimum Gasteiger partial charge on any atom is -0.354 e. The molecule has 0 bridgehead atoms. The Bertz CT molecular complexity index is 1160. The first-order valence-electron chi connectivity index (χ1n) is 9.08. The number of pyridine rings is 1. The van der Waals surface area contributed by atoms with E-state index in [2.05, 4.69) is 25.7 Å². The maximum Gasteiger partial charge on any atom is 0.322 e. The minimum atomic E-state index is -0.179. The number of amides is 2. The van der Waals surface area contributed by atoms with Gasteiger partial charge in [0.05, 0.1) is 6.20 Å². The Morgan fingerprint density at radius 3 is 2.96 bits per heavy atom. The summed E-state index contributed by atoms with van der Waals surface area (Å²) in [7, 11) is 0. The van der Waals surface area contributed by atoms with E-state index < -0.39 is 0 Å². The van der Waals surface area contributed by atoms with Gasteiger partial charge in [0.1, 0.15) is 11.4 Å². The van der Waals surface area contributed by atoms with Crippen molar-refractivity contribution in [2.75, 3.05) is 11.9 Å². The summed E-state index contributed by atoms with van der Waals surface area (Å²) >= 11 is 0. The van der Waals surface area contributed by atoms with Gasteiger partial charge in [-0.05, 0) is 24.5 Å². The van der Waals surface area contributed by atoms with Crippen molar-refractivity contribution in [2.24, 2.45) is 0 Å². The Balaban J connectivity index is 1.39. The maximum atomic E-state index is 12.9. The van der Waals surface area contributed by atoms with Gasteiger partial charge in [0.25, 0.3) is 0 Å². The van der Waals surface area contributed by atoms with Crippen LogP contribution < -0.4 is 5.32 Å². The molecule has 0 fully saturated rings. The molecule has 8 heteroatoms. The van der Waals surface area contributed by atoms with E-state index in [-0.39, 0.29) is 6.03 Å². The molecule has 0 atom stereocenters. The van der Waals surface area contributed by atoms with Gasteiger partial charge in [-0.1, -0.05) is 35.5 Å². The number of fused-ring (bicyclic) bond motifs is 3. The third-order valence-corrected chi connectivity index (χ3v) is 5.09. The molecule has 28 heavy (non-hydrogen) atoms. The van der Waals surface area contributed by atoms with Crippen LogP contribution in [0.5, 0.6) is 0 Å². The number of hydrogen-bond acceptors (Lipinski definition) is 5. The molecule has 0 spiro atoms. The van der Waals surface area contributed by atoms with E-state index in [1.54, 1.807) is 11.1 Å². The molecule has 0 aliphatic carbocycles. The van der Waals surface area contributed by atoms with Crippen molar-refractivity contribution in [3.8, 4) is 11.3 Å². The quantitative estimate of drug-likeness (QED) is 0.559. The minimum absolute atomic E-state index is 0.179. The number of benzene rings is 1. The van der Waals surface area contributed by atoms with E-state index >= 15 is 0 Å². The largest absolute Gasteiger partial charge is 0.354 e. The second-order valence-electron chi connectivity index (χ2n) is 6.83. The molecule has 1 aromatic carbocycles. The van der Waals surface area contributed by atoms with Crippen molar-refractivity contribution < 1.29 is 9.32 Å². The van der Waals surface area contributed by atoms with Gasteiger partial charge in [0.15, 0.2) is 11.4 Å². The number of aromatic amines is 1. The molecule has 4 aromatic rings. The Kier molecular flexibility index (Phi) is 3.82. The molecular weight excluding hydrogens is 356 g/mol. The highest BCUT2D eigenvalue weighted by atomic mass is 16.5. The molecule has 0 saturated carbocycles. The van der Waals surface area contributed by atoms with Crippen LogP contribution in [0.4, 0.5) is 10.5 Å². The number of aryl methyl sites for hydroxylation is 1. The Hall–Kier alpha value is -3.68. The standard InChI is InChI=1S/C20H18N6O2/c1-12-17(18(28-25-12)13-5-3-2-4-6-13)23-20(27)26-8-7-15-14(11-26)9-21-19-16(15)10-22-24-19/h2-6,9-10H,7-8,11H2,1H3,(H,23,27)(H,21,22,24). The lowest BCUT2D eigenvalue weighted by molar-refractivity contribution is 0.206. The van der Waals surface area contributed by atoms with Gasteiger partial charge in [-0.2, -0.15) is 5.10 Å². The molecule has 1 aliphatic rings. The van der Waals surface area contributed by atoms with Crippen molar-refractivity contribution >= 4 is 22.8 Å². The Labute approximate surface area is 160 Å². The summed E-state index contributed by atoms with van der Waals surface area (Å²) in [6, 6.07) is 9.44. The van der Waals surface area contributed by atoms with Crippen LogP contribution in [0.3, 0.4) is 0 Å². The number of H-pyrrole nitrogens is 1. The van der Waals surface area contributed by atoms with E-state index in [1.165, 1.54) is 5.56 Å². The summed E-state index contributed by atoms with van der Waals surface area (Å²) in [5.74, 6) is 0.561. The van der Waals surface area contributed by atoms with Crippen molar-refractivity contribution in [3.63, 3.8) is 0 Å². The molecule has 140 valence electrons. The zero-order valence-electron chi connectivity index (χ0n) is 15.3. The predicted octanol–water partition coefficient (Wildman–Crippen LogP) is 3.51. The third kappa shape index (κ3) is 2.70. The van der Waals surface area contributed by atoms with Gasteiger partial charge < -0.3 is 14.7 Å². The number of carbonyl (C=O) groups excluding carboxylic acids is 1. The summed E-state index contributed by atoms with van der Waals surface area (Å²) < 4.78 is 5.46. The molecule has 8 nitrogen and oxygen atoms in total. The van der Waals surface area contributed by atoms with Gasteiger partial charge in [-0.3, -0.25) is 5.10 Å². The topological polar surface area (TPSA) is 99.9 Å². The van der Waals surface area contributed by atoms with Crippen LogP contribution in [0.15, 0.2) is 47.2 Å². The molecule has 4 heterocycles. The van der Waals surface area contributed by atoms with Crippen molar-refractivity contribution in [2.45, 2.75) is 19.9 Å². The van der Waals surface area contributed by atoms with Crippen LogP contribution >= 0.6 is 0 Å². The first-order valence-corrected chi connectivity index (χ1v) is 9.08. The Morgan fingerprint density at radius 2 is 2.11 bits per heavy atom. The highest BCUT2D eigenvalue weighted by molar-refractivity contribution is 5.94. The van der Waals surface area contributed by atoms with Crippen LogP contribution in [0.25, 0.3) is 22.4 Å². The van der Waals surface area contributed by atoms with Gasteiger partial charge in [-0.25, -0.2) is 9.78 Å². The maximum absolute atomic E-state index is 12.9. The van der Waals surface area contributed by atoms with E-state index in [0.717, 1.165) is 28.6 Å². The zero-order chi connectivity index (χ0) is 19.1. The van der Waals surface area contributed by atoms with Crippen molar-refractivity contribution in [1.29, 1.82) is 0 Å². The van der Waals surface area contributed by atoms with Crippen LogP contribution in [-0.2, 0) is 13.0 Å². The normalized spacial score (nSPS) is 13.5. The smallest absolute Gasteiger partial charge is 0.322 e. The summed E-state index contributed by atoms with van der Waals surface area (Å²) in [5, 5.41) is 15.0. The van der Waals surface area contributed by atoms with Gasteiger partial charge in [-0.15, -0.1) is 0 Å². The second-order valence-corrected chi connectivity index (χ2v) is 6.83. The number of nitrogens with one attached hydrogen (secondary N) is 2. The van der Waals surface area contributed by atoms with E-state index in [0.29, 0.717) is 30.2 Å². The fourth-order valence-electron chi connectivity index (χ4n) is 3.62. The average molecular weight is 374 g/mol. The number of hydrogen-bond donors (Lipinski definition) is 2. The Morgan fingerprint density at radius 1 is 1.25 bits per heavy atom. The van der Waals surface area contributed by atoms with Gasteiger partial charge >= 0.3 is 6.03 Å². The molecule has 5 rings (SSSR count). The lowest BCUT2D eigenvalue weighted by Gasteiger charge is -2.29. The number of urea groups is 1. The summed E-state index contributed by atoms with van der Waals surface area (Å²) in [5.41, 5.74) is 5.14. The SMILES string of the molecule is Cc1noc(-c2ccccc2)c1NC(=O)N1CCc2c(cnc3[nH]ncc23)C1. The van der Waals surface area contributed by atoms with E-state index in [4.69, 9.17) is 4.52 Å². The summed E-state index contributed by atoms with van der Waals surface area (Å²) in [4.78, 5) is 19.1. The highest BCUT2D eigenvalue weighted by Gasteiger charge is 2.25. The van der Waals surface area contributed by atoms with Gasteiger partial charge in [0.2, 0.25) is 0 Å². The average Bonchev–Trinajstić information content (AvgIpc) is 3.35. The summed E-state index contributed by atoms with van der Waals surface area (Å²) in [6.07, 6.45) is 4.37. The van der Waals surface area contributed by atoms with Crippen LogP contribution in [0, 0.1) is 6.92 Å². The van der Waals surface area contributed by atoms with Crippen molar-refractivity contribution in [3.05, 3.63) is 59.5 Å². The molecule has 2 N–H and O–H groups in total. The predicted molar refractivity (Wildman–Crippen MR) is 104 cm³/mol. The van der Waals surface area contributed by atoms with Crippen LogP contribution in [0.2, 0.25) is 0 Å². The molecule has 0 unspecified atom stereocenters. The first kappa shape index (κ1) is 16.5. The molecule has 0 radical (unpaired) electrons. The fraction of sp³-hybridized carbons (Fsp3) is 0.200. The number of carbonyl (C=O) groups is 1. The molecule has 1 aliphatic heterocycles. The number of aromatic nitrogens is 4. The molecular formula is C20H18N6O2. The number of nitrogens with zero attached hydrogens (tertiary/aromatic N) is 4. The lowest BCUT2D eigenvalue weighted by Crippen LogP contribution is -2.39. The van der Waals surface area contributed by atoms with E-state index in [9.17, 15) is 4.79 Å². The monoisotopic (exact) mass is 374 g/mol. The zero-order valence-corrected chi connectivity index (χ0v) is 15.3. The van der Waals surface area contributed by atoms with Gasteiger partial charge in [0, 0.05) is 30.2 Å². The lowest BCUT2D eigenvalue weighted by atomic mass is 9.99.